The number of halogens is 2. The molecule has 0 heterocycles. The number of nitrogens with zero attached hydrogens (tertiary/aromatic N) is 3. The molecule has 0 saturated heterocycles. The van der Waals surface area contributed by atoms with Gasteiger partial charge >= 0.3 is 0 Å². The fourth-order valence-corrected chi connectivity index (χ4v) is 6.79. The number of anilines is 1. The largest absolute Gasteiger partial charge is 0.497 e. The van der Waals surface area contributed by atoms with Crippen molar-refractivity contribution in [1.29, 1.82) is 0 Å². The predicted molar refractivity (Wildman–Crippen MR) is 185 cm³/mol. The molecule has 2 amide bonds. The molecule has 252 valence electrons. The summed E-state index contributed by atoms with van der Waals surface area (Å²) in [6, 6.07) is 22.4. The quantitative estimate of drug-likeness (QED) is 0.122. The molecule has 0 spiro atoms. The van der Waals surface area contributed by atoms with E-state index in [1.807, 2.05) is 30.3 Å². The predicted octanol–water partition coefficient (Wildman–Crippen LogP) is 6.19. The maximum atomic E-state index is 14.5. The molecule has 1 N–H and O–H groups in total. The Balaban J connectivity index is 1.84. The van der Waals surface area contributed by atoms with E-state index in [9.17, 15) is 28.1 Å². The van der Waals surface area contributed by atoms with Gasteiger partial charge in [0.05, 0.1) is 32.7 Å². The molecule has 0 aromatic heterocycles. The minimum absolute atomic E-state index is 0.0967. The highest BCUT2D eigenvalue weighted by atomic mass is 35.5. The third-order valence-corrected chi connectivity index (χ3v) is 10.1. The van der Waals surface area contributed by atoms with Crippen molar-refractivity contribution >= 4 is 56.4 Å². The highest BCUT2D eigenvalue weighted by Gasteiger charge is 2.35. The van der Waals surface area contributed by atoms with Gasteiger partial charge in [-0.3, -0.25) is 24.0 Å². The number of rotatable bonds is 14. The van der Waals surface area contributed by atoms with Crippen LogP contribution in [0, 0.1) is 17.0 Å². The lowest BCUT2D eigenvalue weighted by Crippen LogP contribution is -2.53. The first-order valence-electron chi connectivity index (χ1n) is 14.8. The number of carbonyl (C=O) groups excluding carboxylic acids is 2. The first-order chi connectivity index (χ1) is 22.8. The van der Waals surface area contributed by atoms with Gasteiger partial charge in [-0.25, -0.2) is 8.42 Å². The van der Waals surface area contributed by atoms with Gasteiger partial charge in [-0.1, -0.05) is 65.7 Å². The minimum Gasteiger partial charge on any atom is -0.497 e. The van der Waals surface area contributed by atoms with Crippen LogP contribution in [0.5, 0.6) is 5.75 Å². The van der Waals surface area contributed by atoms with Gasteiger partial charge in [0.25, 0.3) is 15.7 Å². The summed E-state index contributed by atoms with van der Waals surface area (Å²) in [7, 11) is -3.12. The summed E-state index contributed by atoms with van der Waals surface area (Å²) in [4.78, 5) is 40.1. The van der Waals surface area contributed by atoms with Crippen LogP contribution in [0.2, 0.25) is 10.0 Å². The number of nitro groups is 1. The van der Waals surface area contributed by atoms with Crippen molar-refractivity contribution in [2.45, 2.75) is 37.8 Å². The lowest BCUT2D eigenvalue weighted by Gasteiger charge is -2.34. The van der Waals surface area contributed by atoms with E-state index in [-0.39, 0.29) is 40.7 Å². The van der Waals surface area contributed by atoms with Gasteiger partial charge in [0, 0.05) is 31.1 Å². The van der Waals surface area contributed by atoms with E-state index in [1.54, 1.807) is 25.1 Å². The summed E-state index contributed by atoms with van der Waals surface area (Å²) in [6.07, 6.45) is 0.124. The number of hydrogen-bond acceptors (Lipinski definition) is 7. The molecule has 0 aliphatic rings. The van der Waals surface area contributed by atoms with Crippen LogP contribution in [0.4, 0.5) is 11.4 Å². The Labute approximate surface area is 289 Å². The summed E-state index contributed by atoms with van der Waals surface area (Å²) < 4.78 is 34.6. The molecule has 4 aromatic rings. The second-order valence-corrected chi connectivity index (χ2v) is 13.5. The fourth-order valence-electron chi connectivity index (χ4n) is 5.03. The first kappa shape index (κ1) is 36.2. The molecular weight excluding hydrogens is 679 g/mol. The Morgan fingerprint density at radius 1 is 0.938 bits per heavy atom. The molecule has 14 heteroatoms. The number of ether oxygens (including phenoxy) is 1. The fraction of sp³-hybridized carbons (Fsp3) is 0.235. The number of benzene rings is 4. The van der Waals surface area contributed by atoms with E-state index >= 15 is 0 Å². The summed E-state index contributed by atoms with van der Waals surface area (Å²) in [5.74, 6) is -0.717. The number of aryl methyl sites for hydroxylation is 1. The number of amides is 2. The topological polar surface area (TPSA) is 139 Å². The third-order valence-electron chi connectivity index (χ3n) is 7.56. The van der Waals surface area contributed by atoms with E-state index in [0.29, 0.717) is 16.3 Å². The van der Waals surface area contributed by atoms with Crippen LogP contribution in [0.1, 0.15) is 23.6 Å². The molecule has 0 saturated carbocycles. The number of carbonyl (C=O) groups is 2. The maximum Gasteiger partial charge on any atom is 0.273 e. The van der Waals surface area contributed by atoms with Crippen LogP contribution >= 0.6 is 23.2 Å². The number of sulfonamides is 1. The second-order valence-electron chi connectivity index (χ2n) is 10.8. The van der Waals surface area contributed by atoms with Crippen LogP contribution in [0.3, 0.4) is 0 Å². The monoisotopic (exact) mass is 712 g/mol. The summed E-state index contributed by atoms with van der Waals surface area (Å²) in [5.41, 5.74) is 1.29. The smallest absolute Gasteiger partial charge is 0.273 e. The standard InChI is InChI=1S/C34H34Cl2N4O7S/c1-4-37-34(42)32(19-24-8-6-5-7-9-24)38(21-25-11-17-29(35)30(36)18-25)33(41)22-39(26-12-14-27(47-3)15-13-26)48(45,46)28-16-10-23(2)31(20-28)40(43)44/h5-18,20,32H,4,19,21-22H2,1-3H3,(H,37,42)/t32-/m0/s1. The highest BCUT2D eigenvalue weighted by molar-refractivity contribution is 7.92. The number of hydrogen-bond donors (Lipinski definition) is 1. The van der Waals surface area contributed by atoms with E-state index in [2.05, 4.69) is 5.32 Å². The molecular formula is C34H34Cl2N4O7S. The average Bonchev–Trinajstić information content (AvgIpc) is 3.07. The number of likely N-dealkylation sites (N-methyl/N-ethyl adjacent to an activating group) is 1. The summed E-state index contributed by atoms with van der Waals surface area (Å²) in [6.45, 7) is 2.67. The molecule has 4 aromatic carbocycles. The Morgan fingerprint density at radius 3 is 2.23 bits per heavy atom. The van der Waals surface area contributed by atoms with Crippen LogP contribution in [-0.2, 0) is 32.6 Å². The van der Waals surface area contributed by atoms with E-state index < -0.39 is 45.0 Å². The van der Waals surface area contributed by atoms with Crippen molar-refractivity contribution < 1.29 is 27.7 Å². The van der Waals surface area contributed by atoms with Gasteiger partial charge in [-0.2, -0.15) is 0 Å². The van der Waals surface area contributed by atoms with Crippen LogP contribution in [-0.4, -0.2) is 56.3 Å². The lowest BCUT2D eigenvalue weighted by atomic mass is 10.0. The van der Waals surface area contributed by atoms with Gasteiger partial charge in [-0.05, 0) is 67.4 Å². The zero-order valence-electron chi connectivity index (χ0n) is 26.4. The zero-order valence-corrected chi connectivity index (χ0v) is 28.8. The first-order valence-corrected chi connectivity index (χ1v) is 17.0. The second kappa shape index (κ2) is 16.0. The molecule has 48 heavy (non-hydrogen) atoms. The van der Waals surface area contributed by atoms with Crippen molar-refractivity contribution in [2.24, 2.45) is 0 Å². The molecule has 0 fully saturated rings. The Bertz CT molecular complexity index is 1890. The Hall–Kier alpha value is -4.65. The highest BCUT2D eigenvalue weighted by Crippen LogP contribution is 2.30. The molecule has 0 radical (unpaired) electrons. The van der Waals surface area contributed by atoms with Gasteiger partial charge in [0.15, 0.2) is 0 Å². The van der Waals surface area contributed by atoms with E-state index in [0.717, 1.165) is 15.9 Å². The van der Waals surface area contributed by atoms with Crippen LogP contribution in [0.15, 0.2) is 95.9 Å². The molecule has 0 unspecified atom stereocenters. The van der Waals surface area contributed by atoms with Crippen LogP contribution in [0.25, 0.3) is 0 Å². The Kier molecular flexibility index (Phi) is 12.0. The van der Waals surface area contributed by atoms with Crippen LogP contribution < -0.4 is 14.4 Å². The van der Waals surface area contributed by atoms with Gasteiger partial charge < -0.3 is 15.0 Å². The molecule has 11 nitrogen and oxygen atoms in total. The number of nitrogens with one attached hydrogen (secondary N) is 1. The van der Waals surface area contributed by atoms with Gasteiger partial charge in [-0.15, -0.1) is 0 Å². The SMILES string of the molecule is CCNC(=O)[C@H](Cc1ccccc1)N(Cc1ccc(Cl)c(Cl)c1)C(=O)CN(c1ccc(OC)cc1)S(=O)(=O)c1ccc(C)c([N+](=O)[O-])c1. The van der Waals surface area contributed by atoms with Crippen molar-refractivity contribution in [3.05, 3.63) is 128 Å². The lowest BCUT2D eigenvalue weighted by molar-refractivity contribution is -0.385. The molecule has 4 rings (SSSR count). The molecule has 0 aliphatic heterocycles. The number of nitro benzene ring substituents is 1. The van der Waals surface area contributed by atoms with E-state index in [1.165, 1.54) is 55.3 Å². The number of methoxy groups -OCH3 is 1. The van der Waals surface area contributed by atoms with Gasteiger partial charge in [0.1, 0.15) is 18.3 Å². The molecule has 1 atom stereocenters. The van der Waals surface area contributed by atoms with Gasteiger partial charge in [0.2, 0.25) is 11.8 Å². The van der Waals surface area contributed by atoms with Crippen molar-refractivity contribution in [3.8, 4) is 5.75 Å². The van der Waals surface area contributed by atoms with E-state index in [4.69, 9.17) is 27.9 Å². The summed E-state index contributed by atoms with van der Waals surface area (Å²) in [5, 5.41) is 15.0. The minimum atomic E-state index is -4.57. The zero-order chi connectivity index (χ0) is 35.0. The molecule has 0 bridgehead atoms. The van der Waals surface area contributed by atoms with Crippen molar-refractivity contribution in [3.63, 3.8) is 0 Å². The Morgan fingerprint density at radius 2 is 1.62 bits per heavy atom. The summed E-state index contributed by atoms with van der Waals surface area (Å²) >= 11 is 12.4. The third kappa shape index (κ3) is 8.62. The van der Waals surface area contributed by atoms with Crippen molar-refractivity contribution in [2.75, 3.05) is 24.5 Å². The maximum absolute atomic E-state index is 14.5. The van der Waals surface area contributed by atoms with Crippen molar-refractivity contribution in [1.82, 2.24) is 10.2 Å². The average molecular weight is 714 g/mol. The molecule has 0 aliphatic carbocycles. The normalized spacial score (nSPS) is 11.8.